The van der Waals surface area contributed by atoms with Gasteiger partial charge in [-0.2, -0.15) is 0 Å². The van der Waals surface area contributed by atoms with E-state index >= 15 is 0 Å². The van der Waals surface area contributed by atoms with Gasteiger partial charge in [0.05, 0.1) is 4.90 Å². The van der Waals surface area contributed by atoms with E-state index < -0.39 is 10.0 Å². The van der Waals surface area contributed by atoms with Gasteiger partial charge in [0, 0.05) is 45.3 Å². The van der Waals surface area contributed by atoms with Gasteiger partial charge in [-0.05, 0) is 49.1 Å². The third-order valence-corrected chi connectivity index (χ3v) is 6.98. The van der Waals surface area contributed by atoms with Crippen LogP contribution < -0.4 is 10.0 Å². The van der Waals surface area contributed by atoms with Crippen LogP contribution in [0.5, 0.6) is 0 Å². The summed E-state index contributed by atoms with van der Waals surface area (Å²) in [5.74, 6) is -0.289. The molecule has 0 radical (unpaired) electrons. The molecule has 2 aromatic rings. The molecule has 1 saturated heterocycles. The van der Waals surface area contributed by atoms with Crippen molar-refractivity contribution in [3.63, 3.8) is 0 Å². The van der Waals surface area contributed by atoms with Gasteiger partial charge >= 0.3 is 6.03 Å². The molecule has 172 valence electrons. The summed E-state index contributed by atoms with van der Waals surface area (Å²) >= 11 is 0. The van der Waals surface area contributed by atoms with Gasteiger partial charge in [-0.15, -0.1) is 0 Å². The topological polar surface area (TPSA) is 98.8 Å². The number of hydrogen-bond acceptors (Lipinski definition) is 4. The first-order valence-electron chi connectivity index (χ1n) is 10.7. The van der Waals surface area contributed by atoms with E-state index in [4.69, 9.17) is 0 Å². The fraction of sp³-hybridized carbons (Fsp3) is 0.391. The molecule has 0 atom stereocenters. The Balaban J connectivity index is 1.49. The van der Waals surface area contributed by atoms with Crippen molar-refractivity contribution in [2.75, 3.05) is 39.0 Å². The second-order valence-electron chi connectivity index (χ2n) is 8.09. The molecule has 3 amide bonds. The summed E-state index contributed by atoms with van der Waals surface area (Å²) < 4.78 is 27.6. The molecular formula is C23H30N4O4S. The van der Waals surface area contributed by atoms with Crippen molar-refractivity contribution in [1.29, 1.82) is 0 Å². The summed E-state index contributed by atoms with van der Waals surface area (Å²) in [6.07, 6.45) is 1.81. The third kappa shape index (κ3) is 6.30. The Labute approximate surface area is 189 Å². The normalized spacial score (nSPS) is 14.8. The molecule has 2 aromatic carbocycles. The standard InChI is InChI=1S/C23H30N4O4S/c1-26(2)23(29)27-16-13-19(14-17-27)22(28)25-20-8-10-21(11-9-20)32(30,31)24-15-12-18-6-4-3-5-7-18/h3-11,19,24H,12-17H2,1-2H3,(H,25,28). The number of carbonyl (C=O) groups excluding carboxylic acids is 2. The minimum absolute atomic E-state index is 0.0435. The van der Waals surface area contributed by atoms with Crippen molar-refractivity contribution in [3.05, 3.63) is 60.2 Å². The molecule has 8 nitrogen and oxygen atoms in total. The molecule has 1 aliphatic heterocycles. The third-order valence-electron chi connectivity index (χ3n) is 5.50. The van der Waals surface area contributed by atoms with Gasteiger partial charge in [0.1, 0.15) is 0 Å². The van der Waals surface area contributed by atoms with Crippen molar-refractivity contribution in [1.82, 2.24) is 14.5 Å². The molecule has 0 aliphatic carbocycles. The van der Waals surface area contributed by atoms with Crippen molar-refractivity contribution in [3.8, 4) is 0 Å². The Hall–Kier alpha value is -2.91. The number of hydrogen-bond donors (Lipinski definition) is 2. The molecular weight excluding hydrogens is 428 g/mol. The highest BCUT2D eigenvalue weighted by atomic mass is 32.2. The Morgan fingerprint density at radius 2 is 1.62 bits per heavy atom. The largest absolute Gasteiger partial charge is 0.331 e. The summed E-state index contributed by atoms with van der Waals surface area (Å²) in [7, 11) is -0.197. The average molecular weight is 459 g/mol. The summed E-state index contributed by atoms with van der Waals surface area (Å²) in [5, 5.41) is 2.85. The van der Waals surface area contributed by atoms with E-state index in [1.54, 1.807) is 31.1 Å². The predicted octanol–water partition coefficient (Wildman–Crippen LogP) is 2.54. The highest BCUT2D eigenvalue weighted by Gasteiger charge is 2.28. The number of rotatable bonds is 7. The van der Waals surface area contributed by atoms with Crippen molar-refractivity contribution >= 4 is 27.6 Å². The molecule has 9 heteroatoms. The second kappa shape index (κ2) is 10.6. The predicted molar refractivity (Wildman–Crippen MR) is 124 cm³/mol. The molecule has 1 heterocycles. The molecule has 0 bridgehead atoms. The van der Waals surface area contributed by atoms with E-state index in [-0.39, 0.29) is 22.8 Å². The van der Waals surface area contributed by atoms with Crippen LogP contribution in [-0.2, 0) is 21.2 Å². The number of sulfonamides is 1. The summed E-state index contributed by atoms with van der Waals surface area (Å²) in [6, 6.07) is 15.8. The van der Waals surface area contributed by atoms with E-state index in [0.29, 0.717) is 44.6 Å². The molecule has 0 spiro atoms. The number of urea groups is 1. The van der Waals surface area contributed by atoms with Crippen molar-refractivity contribution in [2.24, 2.45) is 5.92 Å². The van der Waals surface area contributed by atoms with Gasteiger partial charge in [0.15, 0.2) is 0 Å². The smallest absolute Gasteiger partial charge is 0.319 e. The molecule has 1 fully saturated rings. The van der Waals surface area contributed by atoms with Crippen LogP contribution in [0.3, 0.4) is 0 Å². The van der Waals surface area contributed by atoms with Crippen LogP contribution in [0.1, 0.15) is 18.4 Å². The lowest BCUT2D eigenvalue weighted by Crippen LogP contribution is -2.45. The van der Waals surface area contributed by atoms with E-state index in [9.17, 15) is 18.0 Å². The maximum absolute atomic E-state index is 12.6. The lowest BCUT2D eigenvalue weighted by atomic mass is 9.96. The van der Waals surface area contributed by atoms with E-state index in [2.05, 4.69) is 10.0 Å². The molecule has 0 unspecified atom stereocenters. The molecule has 1 aliphatic rings. The van der Waals surface area contributed by atoms with Gasteiger partial charge in [0.25, 0.3) is 0 Å². The fourth-order valence-corrected chi connectivity index (χ4v) is 4.67. The molecule has 32 heavy (non-hydrogen) atoms. The SMILES string of the molecule is CN(C)C(=O)N1CCC(C(=O)Nc2ccc(S(=O)(=O)NCCc3ccccc3)cc2)CC1. The fourth-order valence-electron chi connectivity index (χ4n) is 3.64. The monoisotopic (exact) mass is 458 g/mol. The lowest BCUT2D eigenvalue weighted by Gasteiger charge is -2.33. The Bertz CT molecular complexity index is 1020. The molecule has 0 saturated carbocycles. The minimum atomic E-state index is -3.62. The molecule has 2 N–H and O–H groups in total. The summed E-state index contributed by atoms with van der Waals surface area (Å²) in [5.41, 5.74) is 1.61. The van der Waals surface area contributed by atoms with Crippen LogP contribution in [0, 0.1) is 5.92 Å². The number of amides is 3. The van der Waals surface area contributed by atoms with E-state index in [0.717, 1.165) is 5.56 Å². The summed E-state index contributed by atoms with van der Waals surface area (Å²) in [4.78, 5) is 28.0. The number of anilines is 1. The van der Waals surface area contributed by atoms with Crippen molar-refractivity contribution in [2.45, 2.75) is 24.2 Å². The maximum Gasteiger partial charge on any atom is 0.319 e. The number of likely N-dealkylation sites (tertiary alicyclic amines) is 1. The number of nitrogens with one attached hydrogen (secondary N) is 2. The van der Waals surface area contributed by atoms with Crippen LogP contribution in [0.25, 0.3) is 0 Å². The maximum atomic E-state index is 12.6. The Morgan fingerprint density at radius 1 is 1.00 bits per heavy atom. The van der Waals surface area contributed by atoms with E-state index in [1.807, 2.05) is 30.3 Å². The van der Waals surface area contributed by atoms with Gasteiger partial charge in [-0.3, -0.25) is 4.79 Å². The first-order valence-corrected chi connectivity index (χ1v) is 12.2. The average Bonchev–Trinajstić information content (AvgIpc) is 2.79. The number of carbonyl (C=O) groups is 2. The number of benzene rings is 2. The van der Waals surface area contributed by atoms with Crippen LogP contribution >= 0.6 is 0 Å². The second-order valence-corrected chi connectivity index (χ2v) is 9.85. The highest BCUT2D eigenvalue weighted by molar-refractivity contribution is 7.89. The first kappa shape index (κ1) is 23.7. The number of nitrogens with zero attached hydrogens (tertiary/aromatic N) is 2. The number of piperidine rings is 1. The highest BCUT2D eigenvalue weighted by Crippen LogP contribution is 2.21. The zero-order chi connectivity index (χ0) is 23.1. The van der Waals surface area contributed by atoms with Crippen molar-refractivity contribution < 1.29 is 18.0 Å². The molecule has 3 rings (SSSR count). The van der Waals surface area contributed by atoms with Gasteiger partial charge in [-0.25, -0.2) is 17.9 Å². The lowest BCUT2D eigenvalue weighted by molar-refractivity contribution is -0.121. The zero-order valence-electron chi connectivity index (χ0n) is 18.5. The van der Waals surface area contributed by atoms with Gasteiger partial charge in [-0.1, -0.05) is 30.3 Å². The Morgan fingerprint density at radius 3 is 2.22 bits per heavy atom. The van der Waals surface area contributed by atoms with Crippen LogP contribution in [0.15, 0.2) is 59.5 Å². The van der Waals surface area contributed by atoms with Crippen LogP contribution in [0.2, 0.25) is 0 Å². The molecule has 0 aromatic heterocycles. The van der Waals surface area contributed by atoms with E-state index in [1.165, 1.54) is 17.0 Å². The summed E-state index contributed by atoms with van der Waals surface area (Å²) in [6.45, 7) is 1.39. The van der Waals surface area contributed by atoms with Crippen LogP contribution in [0.4, 0.5) is 10.5 Å². The minimum Gasteiger partial charge on any atom is -0.331 e. The quantitative estimate of drug-likeness (QED) is 0.666. The Kier molecular flexibility index (Phi) is 7.87. The first-order chi connectivity index (χ1) is 15.3. The van der Waals surface area contributed by atoms with Gasteiger partial charge < -0.3 is 15.1 Å². The zero-order valence-corrected chi connectivity index (χ0v) is 19.3. The van der Waals surface area contributed by atoms with Gasteiger partial charge in [0.2, 0.25) is 15.9 Å². The van der Waals surface area contributed by atoms with Crippen LogP contribution in [-0.4, -0.2) is 63.9 Å².